The van der Waals surface area contributed by atoms with Crippen molar-refractivity contribution in [1.82, 2.24) is 9.62 Å². The Balaban J connectivity index is 2.80. The molecule has 0 bridgehead atoms. The molecule has 0 aliphatic rings. The normalized spacial score (nSPS) is 13.0. The van der Waals surface area contributed by atoms with Gasteiger partial charge in [-0.05, 0) is 37.1 Å². The summed E-state index contributed by atoms with van der Waals surface area (Å²) < 4.78 is 25.7. The number of sulfonamides is 1. The molecule has 0 aliphatic heterocycles. The summed E-state index contributed by atoms with van der Waals surface area (Å²) in [5, 5.41) is 11.5. The lowest BCUT2D eigenvalue weighted by Crippen LogP contribution is -2.43. The first-order chi connectivity index (χ1) is 10.2. The van der Waals surface area contributed by atoms with Gasteiger partial charge in [0.25, 0.3) is 0 Å². The maximum absolute atomic E-state index is 12.3. The summed E-state index contributed by atoms with van der Waals surface area (Å²) in [5.74, 6) is -0.0784. The Morgan fingerprint density at radius 3 is 2.27 bits per heavy atom. The van der Waals surface area contributed by atoms with Crippen LogP contribution in [0.4, 0.5) is 0 Å². The van der Waals surface area contributed by atoms with E-state index in [-0.39, 0.29) is 29.3 Å². The number of benzene rings is 1. The van der Waals surface area contributed by atoms with Crippen molar-refractivity contribution in [3.05, 3.63) is 29.8 Å². The number of nitrogens with zero attached hydrogens (tertiary/aromatic N) is 2. The average Bonchev–Trinajstić information content (AvgIpc) is 2.46. The molecule has 6 nitrogen and oxygen atoms in total. The zero-order valence-corrected chi connectivity index (χ0v) is 14.0. The Hall–Kier alpha value is -1.91. The minimum absolute atomic E-state index is 0.0292. The van der Waals surface area contributed by atoms with Gasteiger partial charge in [-0.15, -0.1) is 0 Å². The number of amides is 1. The van der Waals surface area contributed by atoms with Crippen LogP contribution in [0.15, 0.2) is 29.2 Å². The Morgan fingerprint density at radius 2 is 1.82 bits per heavy atom. The van der Waals surface area contributed by atoms with E-state index in [9.17, 15) is 13.2 Å². The molecule has 0 fully saturated rings. The topological polar surface area (TPSA) is 90.3 Å². The largest absolute Gasteiger partial charge is 0.352 e. The Labute approximate surface area is 131 Å². The fourth-order valence-electron chi connectivity index (χ4n) is 1.63. The minimum Gasteiger partial charge on any atom is -0.352 e. The molecule has 0 heterocycles. The van der Waals surface area contributed by atoms with E-state index < -0.39 is 10.0 Å². The van der Waals surface area contributed by atoms with Gasteiger partial charge in [0.2, 0.25) is 15.9 Å². The van der Waals surface area contributed by atoms with Crippen LogP contribution in [0.2, 0.25) is 0 Å². The molecule has 1 aromatic rings. The van der Waals surface area contributed by atoms with Crippen molar-refractivity contribution in [2.24, 2.45) is 5.92 Å². The second kappa shape index (κ2) is 7.38. The van der Waals surface area contributed by atoms with Crippen molar-refractivity contribution in [1.29, 1.82) is 5.26 Å². The first-order valence-corrected chi connectivity index (χ1v) is 8.38. The summed E-state index contributed by atoms with van der Waals surface area (Å²) in [4.78, 5) is 11.9. The van der Waals surface area contributed by atoms with Crippen LogP contribution in [0.25, 0.3) is 0 Å². The molecule has 1 atom stereocenters. The van der Waals surface area contributed by atoms with E-state index in [0.717, 1.165) is 4.31 Å². The number of rotatable bonds is 6. The van der Waals surface area contributed by atoms with Gasteiger partial charge in [0.15, 0.2) is 0 Å². The highest BCUT2D eigenvalue weighted by Gasteiger charge is 2.23. The van der Waals surface area contributed by atoms with Gasteiger partial charge in [-0.2, -0.15) is 9.57 Å². The molecule has 1 rings (SSSR count). The van der Waals surface area contributed by atoms with E-state index >= 15 is 0 Å². The van der Waals surface area contributed by atoms with Crippen molar-refractivity contribution in [3.8, 4) is 6.07 Å². The van der Waals surface area contributed by atoms with Crippen LogP contribution in [0.1, 0.15) is 26.3 Å². The number of likely N-dealkylation sites (N-methyl/N-ethyl adjacent to an activating group) is 1. The fraction of sp³-hybridized carbons (Fsp3) is 0.467. The van der Waals surface area contributed by atoms with E-state index in [0.29, 0.717) is 5.56 Å². The maximum atomic E-state index is 12.3. The average molecular weight is 323 g/mol. The van der Waals surface area contributed by atoms with Gasteiger partial charge in [0, 0.05) is 13.1 Å². The van der Waals surface area contributed by atoms with Crippen LogP contribution in [0.5, 0.6) is 0 Å². The lowest BCUT2D eigenvalue weighted by atomic mass is 10.1. The van der Waals surface area contributed by atoms with Gasteiger partial charge < -0.3 is 5.32 Å². The smallest absolute Gasteiger partial charge is 0.243 e. The number of nitrogens with one attached hydrogen (secondary N) is 1. The molecule has 22 heavy (non-hydrogen) atoms. The van der Waals surface area contributed by atoms with E-state index in [2.05, 4.69) is 5.32 Å². The lowest BCUT2D eigenvalue weighted by molar-refractivity contribution is -0.122. The van der Waals surface area contributed by atoms with Crippen LogP contribution in [-0.4, -0.2) is 38.3 Å². The summed E-state index contributed by atoms with van der Waals surface area (Å²) in [6.45, 7) is 5.57. The van der Waals surface area contributed by atoms with E-state index in [1.165, 1.54) is 31.3 Å². The first kappa shape index (κ1) is 18.1. The molecule has 0 saturated heterocycles. The van der Waals surface area contributed by atoms with Gasteiger partial charge in [0.1, 0.15) is 0 Å². The fourth-order valence-corrected chi connectivity index (χ4v) is 2.76. The first-order valence-electron chi connectivity index (χ1n) is 6.94. The molecule has 1 amide bonds. The molecule has 0 spiro atoms. The second-order valence-corrected chi connectivity index (χ2v) is 7.54. The summed E-state index contributed by atoms with van der Waals surface area (Å²) in [7, 11) is -2.40. The molecule has 0 unspecified atom stereocenters. The van der Waals surface area contributed by atoms with Gasteiger partial charge in [-0.25, -0.2) is 8.42 Å². The van der Waals surface area contributed by atoms with Crippen LogP contribution >= 0.6 is 0 Å². The summed E-state index contributed by atoms with van der Waals surface area (Å²) in [5.41, 5.74) is 0.380. The number of nitriles is 1. The SMILES string of the molecule is CC(C)[C@@H](C)NC(=O)CN(C)S(=O)(=O)c1ccc(C#N)cc1. The quantitative estimate of drug-likeness (QED) is 0.855. The van der Waals surface area contributed by atoms with E-state index in [1.807, 2.05) is 26.8 Å². The molecule has 1 N–H and O–H groups in total. The van der Waals surface area contributed by atoms with Crippen molar-refractivity contribution in [3.63, 3.8) is 0 Å². The minimum atomic E-state index is -3.75. The van der Waals surface area contributed by atoms with Crippen molar-refractivity contribution in [2.75, 3.05) is 13.6 Å². The molecule has 7 heteroatoms. The van der Waals surface area contributed by atoms with Crippen molar-refractivity contribution in [2.45, 2.75) is 31.7 Å². The van der Waals surface area contributed by atoms with Gasteiger partial charge in [-0.1, -0.05) is 13.8 Å². The van der Waals surface area contributed by atoms with Crippen LogP contribution in [-0.2, 0) is 14.8 Å². The second-order valence-electron chi connectivity index (χ2n) is 5.50. The molecular formula is C15H21N3O3S. The van der Waals surface area contributed by atoms with Gasteiger partial charge in [-0.3, -0.25) is 4.79 Å². The Morgan fingerprint density at radius 1 is 1.27 bits per heavy atom. The Kier molecular flexibility index (Phi) is 6.09. The monoisotopic (exact) mass is 323 g/mol. The highest BCUT2D eigenvalue weighted by Crippen LogP contribution is 2.14. The van der Waals surface area contributed by atoms with Crippen molar-refractivity contribution >= 4 is 15.9 Å². The van der Waals surface area contributed by atoms with Crippen LogP contribution < -0.4 is 5.32 Å². The molecule has 0 radical (unpaired) electrons. The van der Waals surface area contributed by atoms with Gasteiger partial charge >= 0.3 is 0 Å². The zero-order chi connectivity index (χ0) is 16.9. The van der Waals surface area contributed by atoms with Gasteiger partial charge in [0.05, 0.1) is 23.1 Å². The number of hydrogen-bond acceptors (Lipinski definition) is 4. The lowest BCUT2D eigenvalue weighted by Gasteiger charge is -2.21. The van der Waals surface area contributed by atoms with E-state index in [4.69, 9.17) is 5.26 Å². The van der Waals surface area contributed by atoms with E-state index in [1.54, 1.807) is 0 Å². The highest BCUT2D eigenvalue weighted by atomic mass is 32.2. The molecule has 0 aliphatic carbocycles. The highest BCUT2D eigenvalue weighted by molar-refractivity contribution is 7.89. The third kappa shape index (κ3) is 4.55. The van der Waals surface area contributed by atoms with Crippen molar-refractivity contribution < 1.29 is 13.2 Å². The number of carbonyl (C=O) groups excluding carboxylic acids is 1. The number of carbonyl (C=O) groups is 1. The standard InChI is InChI=1S/C15H21N3O3S/c1-11(2)12(3)17-15(19)10-18(4)22(20,21)14-7-5-13(9-16)6-8-14/h5-8,11-12H,10H2,1-4H3,(H,17,19)/t12-/m1/s1. The molecular weight excluding hydrogens is 302 g/mol. The molecule has 0 aromatic heterocycles. The third-order valence-corrected chi connectivity index (χ3v) is 5.26. The summed E-state index contributed by atoms with van der Waals surface area (Å²) in [6, 6.07) is 7.48. The van der Waals surface area contributed by atoms with Crippen LogP contribution in [0.3, 0.4) is 0 Å². The van der Waals surface area contributed by atoms with Crippen LogP contribution in [0, 0.1) is 17.2 Å². The maximum Gasteiger partial charge on any atom is 0.243 e. The molecule has 120 valence electrons. The molecule has 1 aromatic carbocycles. The number of hydrogen-bond donors (Lipinski definition) is 1. The molecule has 0 saturated carbocycles. The predicted molar refractivity (Wildman–Crippen MR) is 83.4 cm³/mol. The Bertz CT molecular complexity index is 660. The summed E-state index contributed by atoms with van der Waals surface area (Å²) >= 11 is 0. The zero-order valence-electron chi connectivity index (χ0n) is 13.2. The summed E-state index contributed by atoms with van der Waals surface area (Å²) in [6.07, 6.45) is 0. The predicted octanol–water partition coefficient (Wildman–Crippen LogP) is 1.34. The third-order valence-electron chi connectivity index (χ3n) is 3.45.